The highest BCUT2D eigenvalue weighted by atomic mass is 35.5. The third kappa shape index (κ3) is 2.46. The molecule has 0 amide bonds. The highest BCUT2D eigenvalue weighted by Crippen LogP contribution is 2.25. The van der Waals surface area contributed by atoms with Gasteiger partial charge in [0.2, 0.25) is 0 Å². The smallest absolute Gasteiger partial charge is 0.151 e. The predicted molar refractivity (Wildman–Crippen MR) is 80.1 cm³/mol. The standard InChI is InChI=1S/C13H15ClN6/c14-10-8-16-9-18-12(10)19-4-6-20(7-5-19)13-11(15)2-1-3-17-13/h1-3,8-9H,4-7,15H2. The van der Waals surface area contributed by atoms with E-state index in [1.165, 1.54) is 6.33 Å². The van der Waals surface area contributed by atoms with Crippen molar-refractivity contribution in [2.75, 3.05) is 41.7 Å². The van der Waals surface area contributed by atoms with Gasteiger partial charge in [0, 0.05) is 32.4 Å². The normalized spacial score (nSPS) is 15.4. The largest absolute Gasteiger partial charge is 0.396 e. The summed E-state index contributed by atoms with van der Waals surface area (Å²) in [7, 11) is 0. The Bertz CT molecular complexity index is 543. The molecule has 0 aromatic carbocycles. The zero-order valence-corrected chi connectivity index (χ0v) is 11.7. The molecule has 104 valence electrons. The fraction of sp³-hybridized carbons (Fsp3) is 0.308. The first-order valence-electron chi connectivity index (χ1n) is 6.41. The van der Waals surface area contributed by atoms with E-state index in [-0.39, 0.29) is 0 Å². The Morgan fingerprint density at radius 1 is 1.05 bits per heavy atom. The summed E-state index contributed by atoms with van der Waals surface area (Å²) in [5.41, 5.74) is 6.67. The molecule has 6 nitrogen and oxygen atoms in total. The van der Waals surface area contributed by atoms with Crippen LogP contribution < -0.4 is 15.5 Å². The molecule has 7 heteroatoms. The van der Waals surface area contributed by atoms with Crippen LogP contribution in [0.1, 0.15) is 0 Å². The van der Waals surface area contributed by atoms with Gasteiger partial charge >= 0.3 is 0 Å². The Kier molecular flexibility index (Phi) is 3.56. The van der Waals surface area contributed by atoms with Crippen LogP contribution in [0.15, 0.2) is 30.9 Å². The van der Waals surface area contributed by atoms with E-state index < -0.39 is 0 Å². The Morgan fingerprint density at radius 3 is 2.40 bits per heavy atom. The highest BCUT2D eigenvalue weighted by Gasteiger charge is 2.21. The summed E-state index contributed by atoms with van der Waals surface area (Å²) in [6.07, 6.45) is 4.90. The van der Waals surface area contributed by atoms with Crippen molar-refractivity contribution in [3.05, 3.63) is 35.9 Å². The first-order valence-corrected chi connectivity index (χ1v) is 6.79. The molecule has 3 rings (SSSR count). The molecule has 0 atom stereocenters. The summed E-state index contributed by atoms with van der Waals surface area (Å²) < 4.78 is 0. The van der Waals surface area contributed by atoms with Gasteiger partial charge in [-0.3, -0.25) is 0 Å². The van der Waals surface area contributed by atoms with Crippen LogP contribution in [0.3, 0.4) is 0 Å². The van der Waals surface area contributed by atoms with Gasteiger partial charge in [-0.15, -0.1) is 0 Å². The number of pyridine rings is 1. The summed E-state index contributed by atoms with van der Waals surface area (Å²) >= 11 is 6.12. The second-order valence-corrected chi connectivity index (χ2v) is 4.99. The summed E-state index contributed by atoms with van der Waals surface area (Å²) in [6.45, 7) is 3.32. The van der Waals surface area contributed by atoms with Crippen molar-refractivity contribution in [1.29, 1.82) is 0 Å². The number of hydrogen-bond donors (Lipinski definition) is 1. The number of anilines is 3. The fourth-order valence-electron chi connectivity index (χ4n) is 2.34. The molecule has 1 aliphatic rings. The maximum Gasteiger partial charge on any atom is 0.151 e. The van der Waals surface area contributed by atoms with Crippen LogP contribution >= 0.6 is 11.6 Å². The Balaban J connectivity index is 1.72. The summed E-state index contributed by atoms with van der Waals surface area (Å²) in [5, 5.41) is 0.582. The summed E-state index contributed by atoms with van der Waals surface area (Å²) in [6, 6.07) is 3.71. The SMILES string of the molecule is Nc1cccnc1N1CCN(c2ncncc2Cl)CC1. The van der Waals surface area contributed by atoms with E-state index in [4.69, 9.17) is 17.3 Å². The zero-order chi connectivity index (χ0) is 13.9. The van der Waals surface area contributed by atoms with Crippen molar-refractivity contribution in [3.63, 3.8) is 0 Å². The average Bonchev–Trinajstić information content (AvgIpc) is 2.49. The van der Waals surface area contributed by atoms with Crippen molar-refractivity contribution in [2.24, 2.45) is 0 Å². The van der Waals surface area contributed by atoms with Crippen molar-refractivity contribution < 1.29 is 0 Å². The molecule has 20 heavy (non-hydrogen) atoms. The number of nitrogens with two attached hydrogens (primary N) is 1. The van der Waals surface area contributed by atoms with Crippen LogP contribution in [0.25, 0.3) is 0 Å². The quantitative estimate of drug-likeness (QED) is 0.902. The van der Waals surface area contributed by atoms with Crippen LogP contribution in [-0.2, 0) is 0 Å². The van der Waals surface area contributed by atoms with E-state index in [1.54, 1.807) is 12.4 Å². The first-order chi connectivity index (χ1) is 9.75. The number of hydrogen-bond acceptors (Lipinski definition) is 6. The lowest BCUT2D eigenvalue weighted by Crippen LogP contribution is -2.47. The highest BCUT2D eigenvalue weighted by molar-refractivity contribution is 6.32. The van der Waals surface area contributed by atoms with Gasteiger partial charge in [0.25, 0.3) is 0 Å². The number of rotatable bonds is 2. The fourth-order valence-corrected chi connectivity index (χ4v) is 2.57. The van der Waals surface area contributed by atoms with Crippen molar-refractivity contribution in [3.8, 4) is 0 Å². The third-order valence-electron chi connectivity index (χ3n) is 3.34. The van der Waals surface area contributed by atoms with Gasteiger partial charge < -0.3 is 15.5 Å². The zero-order valence-electron chi connectivity index (χ0n) is 10.9. The van der Waals surface area contributed by atoms with Crippen molar-refractivity contribution in [2.45, 2.75) is 0 Å². The molecule has 2 N–H and O–H groups in total. The lowest BCUT2D eigenvalue weighted by atomic mass is 10.3. The molecule has 3 heterocycles. The number of nitrogen functional groups attached to an aromatic ring is 1. The van der Waals surface area contributed by atoms with Gasteiger partial charge in [0.05, 0.1) is 11.9 Å². The second kappa shape index (κ2) is 5.50. The number of halogens is 1. The van der Waals surface area contributed by atoms with Gasteiger partial charge in [-0.2, -0.15) is 0 Å². The lowest BCUT2D eigenvalue weighted by Gasteiger charge is -2.36. The topological polar surface area (TPSA) is 71.2 Å². The molecule has 2 aromatic heterocycles. The average molecular weight is 291 g/mol. The van der Waals surface area contributed by atoms with Crippen LogP contribution in [-0.4, -0.2) is 41.1 Å². The molecule has 1 saturated heterocycles. The predicted octanol–water partition coefficient (Wildman–Crippen LogP) is 1.43. The number of piperazine rings is 1. The van der Waals surface area contributed by atoms with E-state index >= 15 is 0 Å². The molecular formula is C13H15ClN6. The van der Waals surface area contributed by atoms with Gasteiger partial charge in [-0.1, -0.05) is 11.6 Å². The molecule has 0 bridgehead atoms. The van der Waals surface area contributed by atoms with E-state index in [1.807, 2.05) is 12.1 Å². The summed E-state index contributed by atoms with van der Waals surface area (Å²) in [5.74, 6) is 1.64. The van der Waals surface area contributed by atoms with Crippen LogP contribution in [0, 0.1) is 0 Å². The first kappa shape index (κ1) is 12.9. The maximum atomic E-state index is 6.12. The molecule has 0 unspecified atom stereocenters. The molecule has 0 spiro atoms. The van der Waals surface area contributed by atoms with Gasteiger partial charge in [0.15, 0.2) is 11.6 Å². The monoisotopic (exact) mass is 290 g/mol. The Labute approximate surface area is 122 Å². The third-order valence-corrected chi connectivity index (χ3v) is 3.61. The molecular weight excluding hydrogens is 276 g/mol. The van der Waals surface area contributed by atoms with Crippen LogP contribution in [0.2, 0.25) is 5.02 Å². The van der Waals surface area contributed by atoms with Crippen molar-refractivity contribution in [1.82, 2.24) is 15.0 Å². The lowest BCUT2D eigenvalue weighted by molar-refractivity contribution is 0.642. The molecule has 0 radical (unpaired) electrons. The van der Waals surface area contributed by atoms with Crippen LogP contribution in [0.4, 0.5) is 17.3 Å². The van der Waals surface area contributed by atoms with Gasteiger partial charge in [0.1, 0.15) is 11.3 Å². The number of aromatic nitrogens is 3. The molecule has 0 aliphatic carbocycles. The second-order valence-electron chi connectivity index (χ2n) is 4.58. The van der Waals surface area contributed by atoms with Crippen LogP contribution in [0.5, 0.6) is 0 Å². The maximum absolute atomic E-state index is 6.12. The van der Waals surface area contributed by atoms with Crippen molar-refractivity contribution >= 4 is 28.9 Å². The number of nitrogens with zero attached hydrogens (tertiary/aromatic N) is 5. The van der Waals surface area contributed by atoms with Gasteiger partial charge in [-0.05, 0) is 12.1 Å². The van der Waals surface area contributed by atoms with E-state index in [2.05, 4.69) is 24.8 Å². The molecule has 0 saturated carbocycles. The molecule has 2 aromatic rings. The van der Waals surface area contributed by atoms with E-state index in [0.29, 0.717) is 10.7 Å². The molecule has 1 fully saturated rings. The van der Waals surface area contributed by atoms with Gasteiger partial charge in [-0.25, -0.2) is 15.0 Å². The Hall–Kier alpha value is -2.08. The van der Waals surface area contributed by atoms with E-state index in [9.17, 15) is 0 Å². The summed E-state index contributed by atoms with van der Waals surface area (Å²) in [4.78, 5) is 16.8. The minimum absolute atomic E-state index is 0.582. The minimum Gasteiger partial charge on any atom is -0.396 e. The van der Waals surface area contributed by atoms with E-state index in [0.717, 1.165) is 37.8 Å². The Morgan fingerprint density at radius 2 is 1.75 bits per heavy atom. The minimum atomic E-state index is 0.582. The molecule has 1 aliphatic heterocycles.